The van der Waals surface area contributed by atoms with E-state index in [1.165, 1.54) is 24.2 Å². The summed E-state index contributed by atoms with van der Waals surface area (Å²) >= 11 is 1.48. The van der Waals surface area contributed by atoms with Crippen molar-refractivity contribution in [3.05, 3.63) is 63.8 Å². The molecule has 2 aromatic carbocycles. The molecule has 0 atom stereocenters. The van der Waals surface area contributed by atoms with E-state index >= 15 is 0 Å². The van der Waals surface area contributed by atoms with E-state index in [1.54, 1.807) is 19.1 Å². The van der Waals surface area contributed by atoms with E-state index in [4.69, 9.17) is 4.74 Å². The van der Waals surface area contributed by atoms with Crippen molar-refractivity contribution < 1.29 is 17.9 Å². The minimum Gasteiger partial charge on any atom is -0.493 e. The number of rotatable bonds is 9. The second kappa shape index (κ2) is 10.9. The zero-order chi connectivity index (χ0) is 23.4. The maximum Gasteiger partial charge on any atom is 0.268 e. The van der Waals surface area contributed by atoms with Crippen molar-refractivity contribution in [2.24, 2.45) is 0 Å². The van der Waals surface area contributed by atoms with Crippen molar-refractivity contribution >= 4 is 21.4 Å². The molecule has 0 spiro atoms. The largest absolute Gasteiger partial charge is 0.493 e. The number of aryl methyl sites for hydroxylation is 1. The predicted molar refractivity (Wildman–Crippen MR) is 132 cm³/mol. The average Bonchev–Trinajstić information content (AvgIpc) is 3.23. The second-order valence-electron chi connectivity index (χ2n) is 9.14. The number of hydrogen-bond acceptors (Lipinski definition) is 2. The van der Waals surface area contributed by atoms with Gasteiger partial charge < -0.3 is 4.74 Å². The van der Waals surface area contributed by atoms with E-state index in [9.17, 15) is 13.2 Å². The summed E-state index contributed by atoms with van der Waals surface area (Å²) in [6.45, 7) is 4.35. The molecule has 1 aliphatic rings. The molecule has 1 fully saturated rings. The van der Waals surface area contributed by atoms with Crippen LogP contribution in [0.1, 0.15) is 98.6 Å². The van der Waals surface area contributed by atoms with Gasteiger partial charge in [-0.2, -0.15) is 0 Å². The molecular formula is C28H33F3OS. The Morgan fingerprint density at radius 3 is 2.39 bits per heavy atom. The first kappa shape index (κ1) is 24.1. The first-order chi connectivity index (χ1) is 16.0. The molecule has 1 nitrogen and oxygen atoms in total. The van der Waals surface area contributed by atoms with Crippen molar-refractivity contribution in [1.82, 2.24) is 0 Å². The fourth-order valence-electron chi connectivity index (χ4n) is 5.14. The lowest BCUT2D eigenvalue weighted by molar-refractivity contribution is 0.147. The molecule has 178 valence electrons. The number of unbranched alkanes of at least 4 members (excludes halogenated alkanes) is 2. The third kappa shape index (κ3) is 5.40. The second-order valence-corrected chi connectivity index (χ2v) is 10.2. The van der Waals surface area contributed by atoms with Crippen LogP contribution in [0, 0.1) is 5.82 Å². The molecular weight excluding hydrogens is 441 g/mol. The summed E-state index contributed by atoms with van der Waals surface area (Å²) in [5.74, 6) is 0.794. The molecule has 0 unspecified atom stereocenters. The van der Waals surface area contributed by atoms with Crippen molar-refractivity contribution in [3.63, 3.8) is 0 Å². The molecule has 4 rings (SSSR count). The summed E-state index contributed by atoms with van der Waals surface area (Å²) in [5, 5.41) is 0.862. The number of hydrogen-bond donors (Lipinski definition) is 0. The fourth-order valence-corrected chi connectivity index (χ4v) is 6.51. The molecule has 1 heterocycles. The van der Waals surface area contributed by atoms with Gasteiger partial charge in [-0.15, -0.1) is 11.3 Å². The lowest BCUT2D eigenvalue weighted by Gasteiger charge is -2.28. The predicted octanol–water partition coefficient (Wildman–Crippen LogP) is 9.55. The molecule has 1 aliphatic carbocycles. The Labute approximate surface area is 199 Å². The van der Waals surface area contributed by atoms with Gasteiger partial charge in [0.2, 0.25) is 0 Å². The Hall–Kier alpha value is -2.01. The minimum absolute atomic E-state index is 0.0142. The Kier molecular flexibility index (Phi) is 8.00. The SMILES string of the molecule is CCCCCc1ccc(C2CCC(c3cc4ccc(OCC)c(C(F)F)c4s3)CC2)c(F)c1. The van der Waals surface area contributed by atoms with Crippen molar-refractivity contribution in [1.29, 1.82) is 0 Å². The molecule has 0 N–H and O–H groups in total. The highest BCUT2D eigenvalue weighted by molar-refractivity contribution is 7.19. The van der Waals surface area contributed by atoms with E-state index in [-0.39, 0.29) is 23.0 Å². The zero-order valence-corrected chi connectivity index (χ0v) is 20.3. The van der Waals surface area contributed by atoms with Gasteiger partial charge in [0, 0.05) is 9.58 Å². The highest BCUT2D eigenvalue weighted by Gasteiger charge is 2.28. The summed E-state index contributed by atoms with van der Waals surface area (Å²) in [5.41, 5.74) is 1.94. The van der Waals surface area contributed by atoms with Gasteiger partial charge in [-0.25, -0.2) is 13.2 Å². The van der Waals surface area contributed by atoms with Crippen LogP contribution in [0.2, 0.25) is 0 Å². The molecule has 5 heteroatoms. The fraction of sp³-hybridized carbons (Fsp3) is 0.500. The summed E-state index contributed by atoms with van der Waals surface area (Å²) in [4.78, 5) is 1.16. The van der Waals surface area contributed by atoms with Crippen LogP contribution in [0.5, 0.6) is 5.75 Å². The van der Waals surface area contributed by atoms with Crippen LogP contribution in [0.3, 0.4) is 0 Å². The van der Waals surface area contributed by atoms with Crippen LogP contribution >= 0.6 is 11.3 Å². The molecule has 3 aromatic rings. The lowest BCUT2D eigenvalue weighted by atomic mass is 9.78. The number of halogens is 3. The van der Waals surface area contributed by atoms with Gasteiger partial charge in [-0.3, -0.25) is 0 Å². The number of benzene rings is 2. The smallest absolute Gasteiger partial charge is 0.268 e. The summed E-state index contributed by atoms with van der Waals surface area (Å²) in [6, 6.07) is 11.4. The van der Waals surface area contributed by atoms with E-state index in [1.807, 2.05) is 12.1 Å². The molecule has 1 aromatic heterocycles. The van der Waals surface area contributed by atoms with Gasteiger partial charge in [0.15, 0.2) is 0 Å². The maximum absolute atomic E-state index is 14.8. The van der Waals surface area contributed by atoms with Crippen molar-refractivity contribution in [3.8, 4) is 5.75 Å². The number of thiophene rings is 1. The summed E-state index contributed by atoms with van der Waals surface area (Å²) < 4.78 is 48.6. The van der Waals surface area contributed by atoms with E-state index in [0.717, 1.165) is 59.9 Å². The van der Waals surface area contributed by atoms with Gasteiger partial charge in [0.1, 0.15) is 11.6 Å². The molecule has 0 aliphatic heterocycles. The monoisotopic (exact) mass is 474 g/mol. The molecule has 0 saturated heterocycles. The first-order valence-corrected chi connectivity index (χ1v) is 13.1. The normalized spacial score (nSPS) is 18.8. The van der Waals surface area contributed by atoms with Crippen LogP contribution in [0.25, 0.3) is 10.1 Å². The highest BCUT2D eigenvalue weighted by Crippen LogP contribution is 2.47. The quantitative estimate of drug-likeness (QED) is 0.281. The minimum atomic E-state index is -2.56. The van der Waals surface area contributed by atoms with Gasteiger partial charge >= 0.3 is 0 Å². The van der Waals surface area contributed by atoms with E-state index in [0.29, 0.717) is 17.2 Å². The van der Waals surface area contributed by atoms with E-state index in [2.05, 4.69) is 19.1 Å². The van der Waals surface area contributed by atoms with Gasteiger partial charge in [-0.05, 0) is 98.1 Å². The molecule has 0 bridgehead atoms. The summed E-state index contributed by atoms with van der Waals surface area (Å²) in [6.07, 6.45) is 5.59. The van der Waals surface area contributed by atoms with E-state index < -0.39 is 6.43 Å². The Balaban J connectivity index is 1.46. The number of ether oxygens (including phenoxy) is 1. The number of alkyl halides is 2. The van der Waals surface area contributed by atoms with Gasteiger partial charge in [-0.1, -0.05) is 31.9 Å². The first-order valence-electron chi connectivity index (χ1n) is 12.3. The Bertz CT molecular complexity index is 1070. The van der Waals surface area contributed by atoms with Gasteiger partial charge in [0.05, 0.1) is 12.2 Å². The van der Waals surface area contributed by atoms with Crippen LogP contribution in [0.4, 0.5) is 13.2 Å². The van der Waals surface area contributed by atoms with Crippen LogP contribution in [0.15, 0.2) is 36.4 Å². The third-order valence-electron chi connectivity index (χ3n) is 6.93. The topological polar surface area (TPSA) is 9.23 Å². The molecule has 33 heavy (non-hydrogen) atoms. The maximum atomic E-state index is 14.8. The molecule has 0 amide bonds. The van der Waals surface area contributed by atoms with Gasteiger partial charge in [0.25, 0.3) is 6.43 Å². The van der Waals surface area contributed by atoms with Crippen molar-refractivity contribution in [2.75, 3.05) is 6.61 Å². The lowest BCUT2D eigenvalue weighted by Crippen LogP contribution is -2.12. The third-order valence-corrected chi connectivity index (χ3v) is 8.27. The van der Waals surface area contributed by atoms with Crippen LogP contribution < -0.4 is 4.74 Å². The number of fused-ring (bicyclic) bond motifs is 1. The Morgan fingerprint density at radius 1 is 0.970 bits per heavy atom. The van der Waals surface area contributed by atoms with Crippen LogP contribution in [-0.4, -0.2) is 6.61 Å². The zero-order valence-electron chi connectivity index (χ0n) is 19.5. The molecule has 1 saturated carbocycles. The van der Waals surface area contributed by atoms with Crippen LogP contribution in [-0.2, 0) is 6.42 Å². The Morgan fingerprint density at radius 2 is 1.73 bits per heavy atom. The highest BCUT2D eigenvalue weighted by atomic mass is 32.1. The molecule has 0 radical (unpaired) electrons. The van der Waals surface area contributed by atoms with Crippen molar-refractivity contribution in [2.45, 2.75) is 83.5 Å². The average molecular weight is 475 g/mol. The standard InChI is InChI=1S/C28H33F3OS/c1-3-5-6-7-18-8-14-22(23(29)16-18)19-9-11-20(12-10-19)25-17-21-13-15-24(32-4-2)26(28(30)31)27(21)33-25/h8,13-17,19-20,28H,3-7,9-12H2,1-2H3. The summed E-state index contributed by atoms with van der Waals surface area (Å²) in [7, 11) is 0.